The predicted molar refractivity (Wildman–Crippen MR) is 126 cm³/mol. The topological polar surface area (TPSA) is 58.6 Å². The molecule has 0 spiro atoms. The van der Waals surface area contributed by atoms with Gasteiger partial charge in [-0.05, 0) is 63.9 Å². The number of hydrogen-bond donors (Lipinski definition) is 1. The number of nitrogens with one attached hydrogen (secondary N) is 1. The first-order valence-corrected chi connectivity index (χ1v) is 11.2. The van der Waals surface area contributed by atoms with E-state index in [1.807, 2.05) is 51.1 Å². The van der Waals surface area contributed by atoms with Crippen molar-refractivity contribution in [2.24, 2.45) is 0 Å². The van der Waals surface area contributed by atoms with E-state index in [1.165, 1.54) is 0 Å². The van der Waals surface area contributed by atoms with Crippen LogP contribution in [0.25, 0.3) is 0 Å². The van der Waals surface area contributed by atoms with Gasteiger partial charge in [-0.3, -0.25) is 9.59 Å². The fourth-order valence-corrected chi connectivity index (χ4v) is 3.33. The maximum Gasteiger partial charge on any atom is 0.242 e. The lowest BCUT2D eigenvalue weighted by molar-refractivity contribution is -0.141. The lowest BCUT2D eigenvalue weighted by atomic mass is 10.1. The summed E-state index contributed by atoms with van der Waals surface area (Å²) in [4.78, 5) is 27.2. The molecule has 2 amide bonds. The standard InChI is InChI=1S/C24H30Cl2N2O3/c1-16(2)27-24(30)18(4)28(15-19-9-12-21(25)22(26)14-19)23(29)6-5-13-31-20-10-7-17(3)8-11-20/h7-12,14,16,18H,5-6,13,15H2,1-4H3,(H,27,30). The third-order valence-electron chi connectivity index (χ3n) is 4.76. The average Bonchev–Trinajstić information content (AvgIpc) is 2.72. The Morgan fingerprint density at radius 1 is 1.03 bits per heavy atom. The van der Waals surface area contributed by atoms with Crippen LogP contribution in [-0.4, -0.2) is 35.4 Å². The molecule has 5 nitrogen and oxygen atoms in total. The third-order valence-corrected chi connectivity index (χ3v) is 5.50. The van der Waals surface area contributed by atoms with Gasteiger partial charge in [0.15, 0.2) is 0 Å². The van der Waals surface area contributed by atoms with Gasteiger partial charge in [0.1, 0.15) is 11.8 Å². The van der Waals surface area contributed by atoms with Crippen molar-refractivity contribution in [3.05, 3.63) is 63.6 Å². The van der Waals surface area contributed by atoms with Crippen molar-refractivity contribution >= 4 is 35.0 Å². The first kappa shape index (κ1) is 25.0. The molecule has 1 unspecified atom stereocenters. The summed E-state index contributed by atoms with van der Waals surface area (Å²) < 4.78 is 5.72. The second-order valence-electron chi connectivity index (χ2n) is 7.87. The highest BCUT2D eigenvalue weighted by Gasteiger charge is 2.26. The Bertz CT molecular complexity index is 885. The van der Waals surface area contributed by atoms with E-state index in [2.05, 4.69) is 5.32 Å². The van der Waals surface area contributed by atoms with Gasteiger partial charge in [-0.25, -0.2) is 0 Å². The van der Waals surface area contributed by atoms with Crippen LogP contribution in [0.2, 0.25) is 10.0 Å². The van der Waals surface area contributed by atoms with Crippen molar-refractivity contribution in [2.45, 2.75) is 59.2 Å². The zero-order chi connectivity index (χ0) is 23.0. The predicted octanol–water partition coefficient (Wildman–Crippen LogP) is 5.40. The van der Waals surface area contributed by atoms with E-state index >= 15 is 0 Å². The van der Waals surface area contributed by atoms with E-state index < -0.39 is 6.04 Å². The molecule has 0 aliphatic heterocycles. The van der Waals surface area contributed by atoms with E-state index in [9.17, 15) is 9.59 Å². The highest BCUT2D eigenvalue weighted by Crippen LogP contribution is 2.24. The zero-order valence-electron chi connectivity index (χ0n) is 18.5. The molecule has 0 aromatic heterocycles. The molecule has 2 rings (SSSR count). The van der Waals surface area contributed by atoms with Crippen molar-refractivity contribution < 1.29 is 14.3 Å². The number of hydrogen-bond acceptors (Lipinski definition) is 3. The Morgan fingerprint density at radius 2 is 1.71 bits per heavy atom. The second kappa shape index (κ2) is 12.0. The first-order chi connectivity index (χ1) is 14.7. The number of ether oxygens (including phenoxy) is 1. The van der Waals surface area contributed by atoms with Crippen LogP contribution in [0, 0.1) is 6.92 Å². The summed E-state index contributed by atoms with van der Waals surface area (Å²) in [5.41, 5.74) is 1.97. The minimum atomic E-state index is -0.623. The third kappa shape index (κ3) is 8.08. The molecule has 2 aromatic rings. The molecule has 7 heteroatoms. The number of aryl methyl sites for hydroxylation is 1. The summed E-state index contributed by atoms with van der Waals surface area (Å²) in [6.07, 6.45) is 0.815. The minimum Gasteiger partial charge on any atom is -0.494 e. The van der Waals surface area contributed by atoms with Gasteiger partial charge in [-0.2, -0.15) is 0 Å². The largest absolute Gasteiger partial charge is 0.494 e. The molecule has 0 bridgehead atoms. The van der Waals surface area contributed by atoms with Crippen molar-refractivity contribution in [3.8, 4) is 5.75 Å². The van der Waals surface area contributed by atoms with Gasteiger partial charge in [0.05, 0.1) is 16.7 Å². The molecular weight excluding hydrogens is 435 g/mol. The smallest absolute Gasteiger partial charge is 0.242 e. The van der Waals surface area contributed by atoms with Gasteiger partial charge in [0.25, 0.3) is 0 Å². The molecule has 0 heterocycles. The molecule has 31 heavy (non-hydrogen) atoms. The Balaban J connectivity index is 2.02. The summed E-state index contributed by atoms with van der Waals surface area (Å²) in [5, 5.41) is 3.73. The van der Waals surface area contributed by atoms with Crippen LogP contribution in [0.4, 0.5) is 0 Å². The van der Waals surface area contributed by atoms with Crippen molar-refractivity contribution in [1.29, 1.82) is 0 Å². The summed E-state index contributed by atoms with van der Waals surface area (Å²) >= 11 is 12.1. The number of carbonyl (C=O) groups excluding carboxylic acids is 2. The molecule has 168 valence electrons. The number of rotatable bonds is 10. The van der Waals surface area contributed by atoms with Crippen LogP contribution in [-0.2, 0) is 16.1 Å². The normalized spacial score (nSPS) is 11.8. The van der Waals surface area contributed by atoms with Gasteiger partial charge in [0, 0.05) is 19.0 Å². The fraction of sp³-hybridized carbons (Fsp3) is 0.417. The molecule has 0 aliphatic carbocycles. The summed E-state index contributed by atoms with van der Waals surface area (Å²) in [6, 6.07) is 12.4. The van der Waals surface area contributed by atoms with E-state index in [1.54, 1.807) is 24.0 Å². The van der Waals surface area contributed by atoms with Crippen LogP contribution in [0.5, 0.6) is 5.75 Å². The van der Waals surface area contributed by atoms with E-state index in [0.29, 0.717) is 23.1 Å². The second-order valence-corrected chi connectivity index (χ2v) is 8.69. The van der Waals surface area contributed by atoms with Gasteiger partial charge < -0.3 is 15.0 Å². The molecule has 0 aliphatic rings. The molecule has 1 N–H and O–H groups in total. The van der Waals surface area contributed by atoms with Gasteiger partial charge >= 0.3 is 0 Å². The van der Waals surface area contributed by atoms with Crippen molar-refractivity contribution in [2.75, 3.05) is 6.61 Å². The van der Waals surface area contributed by atoms with Crippen LogP contribution in [0.3, 0.4) is 0 Å². The van der Waals surface area contributed by atoms with Gasteiger partial charge in [-0.1, -0.05) is 47.0 Å². The maximum absolute atomic E-state index is 13.0. The summed E-state index contributed by atoms with van der Waals surface area (Å²) in [5.74, 6) is 0.458. The molecule has 2 aromatic carbocycles. The lowest BCUT2D eigenvalue weighted by Gasteiger charge is -2.29. The quantitative estimate of drug-likeness (QED) is 0.478. The van der Waals surface area contributed by atoms with Crippen molar-refractivity contribution in [3.63, 3.8) is 0 Å². The number of amides is 2. The van der Waals surface area contributed by atoms with E-state index in [0.717, 1.165) is 16.9 Å². The summed E-state index contributed by atoms with van der Waals surface area (Å²) in [6.45, 7) is 8.21. The first-order valence-electron chi connectivity index (χ1n) is 10.4. The SMILES string of the molecule is Cc1ccc(OCCCC(=O)N(Cc2ccc(Cl)c(Cl)c2)C(C)C(=O)NC(C)C)cc1. The highest BCUT2D eigenvalue weighted by atomic mass is 35.5. The average molecular weight is 465 g/mol. The molecule has 0 saturated heterocycles. The van der Waals surface area contributed by atoms with Crippen LogP contribution in [0.1, 0.15) is 44.7 Å². The molecule has 0 saturated carbocycles. The fourth-order valence-electron chi connectivity index (χ4n) is 3.01. The number of nitrogens with zero attached hydrogens (tertiary/aromatic N) is 1. The van der Waals surface area contributed by atoms with Gasteiger partial charge in [0.2, 0.25) is 11.8 Å². The van der Waals surface area contributed by atoms with Crippen LogP contribution >= 0.6 is 23.2 Å². The number of carbonyl (C=O) groups is 2. The Hall–Kier alpha value is -2.24. The number of benzene rings is 2. The molecule has 1 atom stereocenters. The van der Waals surface area contributed by atoms with E-state index in [4.69, 9.17) is 27.9 Å². The van der Waals surface area contributed by atoms with Crippen LogP contribution in [0.15, 0.2) is 42.5 Å². The Labute approximate surface area is 194 Å². The maximum atomic E-state index is 13.0. The number of halogens is 2. The van der Waals surface area contributed by atoms with Crippen LogP contribution < -0.4 is 10.1 Å². The Kier molecular flexibility index (Phi) is 9.66. The van der Waals surface area contributed by atoms with E-state index in [-0.39, 0.29) is 30.8 Å². The highest BCUT2D eigenvalue weighted by molar-refractivity contribution is 6.42. The lowest BCUT2D eigenvalue weighted by Crippen LogP contribution is -2.49. The zero-order valence-corrected chi connectivity index (χ0v) is 20.0. The van der Waals surface area contributed by atoms with Gasteiger partial charge in [-0.15, -0.1) is 0 Å². The molecule has 0 radical (unpaired) electrons. The van der Waals surface area contributed by atoms with Crippen molar-refractivity contribution in [1.82, 2.24) is 10.2 Å². The summed E-state index contributed by atoms with van der Waals surface area (Å²) in [7, 11) is 0. The monoisotopic (exact) mass is 464 g/mol. The minimum absolute atomic E-state index is 0.0141. The molecule has 0 fully saturated rings. The molecular formula is C24H30Cl2N2O3. The Morgan fingerprint density at radius 3 is 2.32 bits per heavy atom.